The van der Waals surface area contributed by atoms with Gasteiger partial charge in [0.2, 0.25) is 11.8 Å². The van der Waals surface area contributed by atoms with Gasteiger partial charge in [0.15, 0.2) is 0 Å². The third-order valence-electron chi connectivity index (χ3n) is 2.86. The molecule has 0 bridgehead atoms. The number of hydrogen-bond donors (Lipinski definition) is 3. The van der Waals surface area contributed by atoms with Gasteiger partial charge in [-0.1, -0.05) is 0 Å². The molecule has 19 heavy (non-hydrogen) atoms. The molecule has 110 valence electrons. The lowest BCUT2D eigenvalue weighted by atomic mass is 10.1. The minimum Gasteiger partial charge on any atom is -0.368 e. The fourth-order valence-corrected chi connectivity index (χ4v) is 1.92. The lowest BCUT2D eigenvalue weighted by Gasteiger charge is -2.22. The molecule has 0 saturated carbocycles. The van der Waals surface area contributed by atoms with E-state index in [9.17, 15) is 9.59 Å². The molecule has 0 spiro atoms. The molecule has 0 aromatic heterocycles. The molecular weight excluding hydrogens is 246 g/mol. The second kappa shape index (κ2) is 8.87. The van der Waals surface area contributed by atoms with Crippen LogP contribution in [-0.2, 0) is 14.3 Å². The number of nitrogens with one attached hydrogen (secondary N) is 3. The highest BCUT2D eigenvalue weighted by atomic mass is 16.5. The van der Waals surface area contributed by atoms with Crippen molar-refractivity contribution in [3.8, 4) is 0 Å². The van der Waals surface area contributed by atoms with Gasteiger partial charge in [0.05, 0.1) is 6.10 Å². The first-order valence-corrected chi connectivity index (χ1v) is 6.96. The third kappa shape index (κ3) is 7.79. The summed E-state index contributed by atoms with van der Waals surface area (Å²) in [6.07, 6.45) is 2.38. The van der Waals surface area contributed by atoms with Gasteiger partial charge in [-0.15, -0.1) is 0 Å². The van der Waals surface area contributed by atoms with Crippen molar-refractivity contribution in [3.63, 3.8) is 0 Å². The third-order valence-corrected chi connectivity index (χ3v) is 2.86. The number of carbonyl (C=O) groups excluding carboxylic acids is 2. The van der Waals surface area contributed by atoms with E-state index in [0.29, 0.717) is 13.0 Å². The normalized spacial score (nSPS) is 16.4. The first kappa shape index (κ1) is 15.9. The Bertz CT molecular complexity index is 289. The van der Waals surface area contributed by atoms with Crippen molar-refractivity contribution in [3.05, 3.63) is 0 Å². The van der Waals surface area contributed by atoms with Gasteiger partial charge < -0.3 is 20.7 Å². The number of amides is 2. The van der Waals surface area contributed by atoms with Gasteiger partial charge in [-0.05, 0) is 39.8 Å². The number of hydrogen-bond acceptors (Lipinski definition) is 4. The highest BCUT2D eigenvalue weighted by Crippen LogP contribution is 2.06. The fourth-order valence-electron chi connectivity index (χ4n) is 1.92. The van der Waals surface area contributed by atoms with E-state index in [2.05, 4.69) is 16.0 Å². The summed E-state index contributed by atoms with van der Waals surface area (Å²) in [5, 5.41) is 8.70. The van der Waals surface area contributed by atoms with Gasteiger partial charge in [0.25, 0.3) is 0 Å². The van der Waals surface area contributed by atoms with Crippen LogP contribution in [0.4, 0.5) is 0 Å². The molecule has 1 rings (SSSR count). The average Bonchev–Trinajstić information content (AvgIpc) is 2.36. The first-order chi connectivity index (χ1) is 9.08. The van der Waals surface area contributed by atoms with E-state index >= 15 is 0 Å². The monoisotopic (exact) mass is 271 g/mol. The van der Waals surface area contributed by atoms with Crippen LogP contribution < -0.4 is 16.0 Å². The van der Waals surface area contributed by atoms with Crippen molar-refractivity contribution in [1.82, 2.24) is 16.0 Å². The Labute approximate surface area is 114 Å². The lowest BCUT2D eigenvalue weighted by molar-refractivity contribution is -0.128. The zero-order valence-corrected chi connectivity index (χ0v) is 11.8. The van der Waals surface area contributed by atoms with Crippen molar-refractivity contribution < 1.29 is 14.3 Å². The van der Waals surface area contributed by atoms with Gasteiger partial charge in [0, 0.05) is 19.0 Å². The van der Waals surface area contributed by atoms with Gasteiger partial charge in [-0.3, -0.25) is 9.59 Å². The molecule has 2 amide bonds. The predicted molar refractivity (Wildman–Crippen MR) is 72.7 cm³/mol. The van der Waals surface area contributed by atoms with Gasteiger partial charge in [-0.25, -0.2) is 0 Å². The van der Waals surface area contributed by atoms with E-state index in [4.69, 9.17) is 4.74 Å². The Hall–Kier alpha value is -1.14. The summed E-state index contributed by atoms with van der Waals surface area (Å²) >= 11 is 0. The van der Waals surface area contributed by atoms with E-state index in [1.165, 1.54) is 0 Å². The van der Waals surface area contributed by atoms with Crippen molar-refractivity contribution in [2.75, 3.05) is 26.2 Å². The molecule has 0 radical (unpaired) electrons. The van der Waals surface area contributed by atoms with Gasteiger partial charge >= 0.3 is 0 Å². The molecule has 0 atom stereocenters. The summed E-state index contributed by atoms with van der Waals surface area (Å²) < 4.78 is 5.51. The van der Waals surface area contributed by atoms with Crippen LogP contribution >= 0.6 is 0 Å². The minimum absolute atomic E-state index is 0.0467. The maximum Gasteiger partial charge on any atom is 0.246 e. The quantitative estimate of drug-likeness (QED) is 0.598. The first-order valence-electron chi connectivity index (χ1n) is 6.96. The molecule has 0 aliphatic carbocycles. The van der Waals surface area contributed by atoms with Crippen molar-refractivity contribution in [1.29, 1.82) is 0 Å². The van der Waals surface area contributed by atoms with Crippen LogP contribution in [0, 0.1) is 0 Å². The number of rotatable bonds is 7. The van der Waals surface area contributed by atoms with Crippen LogP contribution in [0.1, 0.15) is 33.1 Å². The van der Waals surface area contributed by atoms with E-state index in [1.54, 1.807) is 0 Å². The van der Waals surface area contributed by atoms with E-state index in [-0.39, 0.29) is 30.6 Å². The Morgan fingerprint density at radius 2 is 1.95 bits per heavy atom. The molecule has 1 fully saturated rings. The molecule has 6 heteroatoms. The molecule has 0 aromatic rings. The van der Waals surface area contributed by atoms with Crippen LogP contribution in [0.25, 0.3) is 0 Å². The minimum atomic E-state index is -0.157. The van der Waals surface area contributed by atoms with E-state index in [0.717, 1.165) is 25.9 Å². The average molecular weight is 271 g/mol. The lowest BCUT2D eigenvalue weighted by Crippen LogP contribution is -2.37. The highest BCUT2D eigenvalue weighted by Gasteiger charge is 2.14. The van der Waals surface area contributed by atoms with Crippen molar-refractivity contribution in [2.45, 2.75) is 45.3 Å². The summed E-state index contributed by atoms with van der Waals surface area (Å²) in [5.74, 6) is -0.203. The SMILES string of the molecule is CC(C)NC(=O)CCNC(=O)COC1CCNCC1. The molecule has 0 unspecified atom stereocenters. The predicted octanol–water partition coefficient (Wildman–Crippen LogP) is -0.214. The summed E-state index contributed by atoms with van der Waals surface area (Å²) in [5.41, 5.74) is 0. The smallest absolute Gasteiger partial charge is 0.246 e. The second-order valence-electron chi connectivity index (χ2n) is 5.08. The number of piperidine rings is 1. The van der Waals surface area contributed by atoms with Crippen LogP contribution in [0.2, 0.25) is 0 Å². The molecule has 1 aliphatic heterocycles. The van der Waals surface area contributed by atoms with Crippen LogP contribution in [-0.4, -0.2) is 50.2 Å². The van der Waals surface area contributed by atoms with Crippen LogP contribution in [0.15, 0.2) is 0 Å². The largest absolute Gasteiger partial charge is 0.368 e. The fraction of sp³-hybridized carbons (Fsp3) is 0.846. The molecule has 0 aromatic carbocycles. The van der Waals surface area contributed by atoms with Gasteiger partial charge in [-0.2, -0.15) is 0 Å². The highest BCUT2D eigenvalue weighted by molar-refractivity contribution is 5.79. The van der Waals surface area contributed by atoms with E-state index < -0.39 is 0 Å². The van der Waals surface area contributed by atoms with Crippen molar-refractivity contribution >= 4 is 11.8 Å². The number of carbonyl (C=O) groups is 2. The van der Waals surface area contributed by atoms with Crippen LogP contribution in [0.3, 0.4) is 0 Å². The van der Waals surface area contributed by atoms with Gasteiger partial charge in [0.1, 0.15) is 6.61 Å². The molecule has 1 saturated heterocycles. The molecular formula is C13H25N3O3. The molecule has 3 N–H and O–H groups in total. The van der Waals surface area contributed by atoms with Crippen LogP contribution in [0.5, 0.6) is 0 Å². The summed E-state index contributed by atoms with van der Waals surface area (Å²) in [6.45, 7) is 6.14. The summed E-state index contributed by atoms with van der Waals surface area (Å²) in [6, 6.07) is 0.131. The van der Waals surface area contributed by atoms with Crippen molar-refractivity contribution in [2.24, 2.45) is 0 Å². The zero-order valence-electron chi connectivity index (χ0n) is 11.8. The Kier molecular flexibility index (Phi) is 7.43. The Morgan fingerprint density at radius 1 is 1.26 bits per heavy atom. The maximum absolute atomic E-state index is 11.5. The Balaban J connectivity index is 2.02. The molecule has 6 nitrogen and oxygen atoms in total. The van der Waals surface area contributed by atoms with E-state index in [1.807, 2.05) is 13.8 Å². The second-order valence-corrected chi connectivity index (χ2v) is 5.08. The maximum atomic E-state index is 11.5. The standard InChI is InChI=1S/C13H25N3O3/c1-10(2)16-12(17)5-8-15-13(18)9-19-11-3-6-14-7-4-11/h10-11,14H,3-9H2,1-2H3,(H,15,18)(H,16,17). The summed E-state index contributed by atoms with van der Waals surface area (Å²) in [7, 11) is 0. The number of ether oxygens (including phenoxy) is 1. The summed E-state index contributed by atoms with van der Waals surface area (Å²) in [4.78, 5) is 22.8. The molecule has 1 heterocycles. The Morgan fingerprint density at radius 3 is 2.58 bits per heavy atom. The zero-order chi connectivity index (χ0) is 14.1. The topological polar surface area (TPSA) is 79.5 Å². The molecule has 1 aliphatic rings.